The molecule has 0 heterocycles. The van der Waals surface area contributed by atoms with E-state index < -0.39 is 16.6 Å². The fraction of sp³-hybridized carbons (Fsp3) is 0.500. The molecule has 0 spiro atoms. The standard InChI is InChI=1S/CH2O3.CH4.2Ca.H2O4S.4H/c2-1(3)4;;;;1-5(2,3)4;;;;/h(H2,2,3,4);1H4;;;(H2,1,2,3,4);;;;/q;;2*+2;;4*-1. The van der Waals surface area contributed by atoms with Gasteiger partial charge in [-0.1, -0.05) is 7.43 Å². The number of carbonyl (C=O) groups is 1. The predicted molar refractivity (Wildman–Crippen MR) is 47.5 cm³/mol. The summed E-state index contributed by atoms with van der Waals surface area (Å²) in [5, 5.41) is 13.9. The third-order valence-corrected chi connectivity index (χ3v) is 0. The van der Waals surface area contributed by atoms with Crippen molar-refractivity contribution in [3.05, 3.63) is 0 Å². The molecule has 0 bridgehead atoms. The Morgan fingerprint density at radius 1 is 1.08 bits per heavy atom. The molecule has 0 amide bonds. The summed E-state index contributed by atoms with van der Waals surface area (Å²) in [4.78, 5) is 8.56. The SMILES string of the molecule is C.O=C(O)O.O=S(=O)(O)O.[Ca+2].[Ca+2].[H-].[H-].[H-].[H-]. The van der Waals surface area contributed by atoms with Gasteiger partial charge in [0.15, 0.2) is 0 Å². The van der Waals surface area contributed by atoms with Crippen LogP contribution in [0.5, 0.6) is 0 Å². The molecule has 12 heavy (non-hydrogen) atoms. The van der Waals surface area contributed by atoms with Crippen LogP contribution < -0.4 is 0 Å². The normalized spacial score (nSPS) is 6.83. The fourth-order valence-electron chi connectivity index (χ4n) is 0. The summed E-state index contributed by atoms with van der Waals surface area (Å²) < 4.78 is 31.6. The van der Waals surface area contributed by atoms with Crippen molar-refractivity contribution in [1.29, 1.82) is 0 Å². The summed E-state index contributed by atoms with van der Waals surface area (Å²) >= 11 is 0. The summed E-state index contributed by atoms with van der Waals surface area (Å²) in [5.41, 5.74) is 0. The van der Waals surface area contributed by atoms with Crippen molar-refractivity contribution in [1.82, 2.24) is 0 Å². The maximum atomic E-state index is 8.74. The predicted octanol–water partition coefficient (Wildman–Crippen LogP) is -0.106. The third-order valence-electron chi connectivity index (χ3n) is 0. The zero-order valence-corrected chi connectivity index (χ0v) is 10.6. The van der Waals surface area contributed by atoms with E-state index in [1.54, 1.807) is 0 Å². The maximum Gasteiger partial charge on any atom is 2.00 e. The second kappa shape index (κ2) is 15.1. The van der Waals surface area contributed by atoms with E-state index in [9.17, 15) is 0 Å². The monoisotopic (exact) mass is 260 g/mol. The molecule has 0 aromatic heterocycles. The van der Waals surface area contributed by atoms with Gasteiger partial charge in [-0.05, 0) is 0 Å². The number of carboxylic acid groups (broad SMARTS) is 2. The Labute approximate surface area is 136 Å². The van der Waals surface area contributed by atoms with Crippen LogP contribution in [0.25, 0.3) is 0 Å². The van der Waals surface area contributed by atoms with E-state index >= 15 is 0 Å². The van der Waals surface area contributed by atoms with E-state index in [0.717, 1.165) is 0 Å². The van der Waals surface area contributed by atoms with Gasteiger partial charge in [-0.25, -0.2) is 4.79 Å². The van der Waals surface area contributed by atoms with Gasteiger partial charge in [-0.15, -0.1) is 0 Å². The van der Waals surface area contributed by atoms with E-state index in [4.69, 9.17) is 32.5 Å². The van der Waals surface area contributed by atoms with Gasteiger partial charge >= 0.3 is 92.0 Å². The summed E-state index contributed by atoms with van der Waals surface area (Å²) in [6.45, 7) is 0. The first kappa shape index (κ1) is 29.2. The van der Waals surface area contributed by atoms with Gasteiger partial charge < -0.3 is 15.9 Å². The average Bonchev–Trinajstić information content (AvgIpc) is 1.19. The first-order valence-corrected chi connectivity index (χ1v) is 2.75. The molecule has 0 radical (unpaired) electrons. The zero-order chi connectivity index (χ0) is 8.08. The molecule has 0 aliphatic rings. The minimum Gasteiger partial charge on any atom is -1.00 e. The first-order chi connectivity index (χ1) is 3.73. The Morgan fingerprint density at radius 2 is 1.08 bits per heavy atom. The van der Waals surface area contributed by atoms with E-state index in [1.807, 2.05) is 0 Å². The average molecular weight is 260 g/mol. The van der Waals surface area contributed by atoms with Crippen LogP contribution in [0.3, 0.4) is 0 Å². The van der Waals surface area contributed by atoms with Crippen molar-refractivity contribution in [3.63, 3.8) is 0 Å². The molecule has 10 heteroatoms. The van der Waals surface area contributed by atoms with Crippen LogP contribution in [0.15, 0.2) is 0 Å². The van der Waals surface area contributed by atoms with Gasteiger partial charge in [0.05, 0.1) is 0 Å². The second-order valence-corrected chi connectivity index (χ2v) is 1.63. The minimum absolute atomic E-state index is 0. The second-order valence-electron chi connectivity index (χ2n) is 0.730. The Morgan fingerprint density at radius 3 is 1.08 bits per heavy atom. The molecule has 0 atom stereocenters. The Hall–Kier alpha value is 1.66. The fourth-order valence-corrected chi connectivity index (χ4v) is 0. The number of rotatable bonds is 0. The molecule has 0 aliphatic carbocycles. The number of hydrogen-bond acceptors (Lipinski definition) is 3. The van der Waals surface area contributed by atoms with Crippen LogP contribution in [0.1, 0.15) is 13.1 Å². The van der Waals surface area contributed by atoms with Crippen molar-refractivity contribution in [3.8, 4) is 0 Å². The summed E-state index contributed by atoms with van der Waals surface area (Å²) in [6.07, 6.45) is -1.83. The Balaban J connectivity index is -0.00000000614. The molecule has 4 N–H and O–H groups in total. The molecule has 0 saturated heterocycles. The largest absolute Gasteiger partial charge is 2.00 e. The molecule has 72 valence electrons. The molecular formula is C2H12Ca2O7S. The molecule has 0 aromatic rings. The summed E-state index contributed by atoms with van der Waals surface area (Å²) in [6, 6.07) is 0. The van der Waals surface area contributed by atoms with E-state index in [1.165, 1.54) is 0 Å². The van der Waals surface area contributed by atoms with Crippen LogP contribution >= 0.6 is 0 Å². The first-order valence-electron chi connectivity index (χ1n) is 1.35. The van der Waals surface area contributed by atoms with Crippen molar-refractivity contribution in [2.75, 3.05) is 0 Å². The summed E-state index contributed by atoms with van der Waals surface area (Å²) in [5.74, 6) is 0. The van der Waals surface area contributed by atoms with E-state index in [0.29, 0.717) is 0 Å². The minimum atomic E-state index is -4.67. The zero-order valence-electron chi connectivity index (χ0n) is 9.34. The van der Waals surface area contributed by atoms with Crippen LogP contribution in [-0.4, -0.2) is 109 Å². The third kappa shape index (κ3) is 481. The molecule has 0 aromatic carbocycles. The molecule has 0 saturated carbocycles. The quantitative estimate of drug-likeness (QED) is 0.353. The van der Waals surface area contributed by atoms with Crippen LogP contribution in [0.4, 0.5) is 4.79 Å². The van der Waals surface area contributed by atoms with Crippen molar-refractivity contribution in [2.45, 2.75) is 7.43 Å². The van der Waals surface area contributed by atoms with Gasteiger partial charge in [0.1, 0.15) is 0 Å². The topological polar surface area (TPSA) is 132 Å². The van der Waals surface area contributed by atoms with Crippen LogP contribution in [-0.2, 0) is 10.4 Å². The molecule has 7 nitrogen and oxygen atoms in total. The molecular weight excluding hydrogens is 248 g/mol. The molecule has 0 unspecified atom stereocenters. The van der Waals surface area contributed by atoms with Crippen LogP contribution in [0.2, 0.25) is 0 Å². The smallest absolute Gasteiger partial charge is 1.00 e. The van der Waals surface area contributed by atoms with Crippen molar-refractivity contribution in [2.24, 2.45) is 0 Å². The number of hydrogen-bond donors (Lipinski definition) is 4. The van der Waals surface area contributed by atoms with E-state index in [-0.39, 0.29) is 88.6 Å². The van der Waals surface area contributed by atoms with Gasteiger partial charge in [0, 0.05) is 0 Å². The van der Waals surface area contributed by atoms with Gasteiger partial charge in [-0.2, -0.15) is 8.42 Å². The maximum absolute atomic E-state index is 8.74. The molecule has 0 aliphatic heterocycles. The van der Waals surface area contributed by atoms with Gasteiger partial charge in [0.25, 0.3) is 0 Å². The molecule has 0 fully saturated rings. The van der Waals surface area contributed by atoms with E-state index in [2.05, 4.69) is 0 Å². The van der Waals surface area contributed by atoms with Crippen LogP contribution in [0, 0.1) is 0 Å². The van der Waals surface area contributed by atoms with Gasteiger partial charge in [-0.3, -0.25) is 9.11 Å². The van der Waals surface area contributed by atoms with Gasteiger partial charge in [0.2, 0.25) is 0 Å². The molecule has 0 rings (SSSR count). The van der Waals surface area contributed by atoms with Crippen molar-refractivity contribution < 1.29 is 38.2 Å². The summed E-state index contributed by atoms with van der Waals surface area (Å²) in [7, 11) is -4.67. The Kier molecular flexibility index (Phi) is 36.8. The van der Waals surface area contributed by atoms with Crippen molar-refractivity contribution >= 4 is 92.0 Å². The Bertz CT molecular complexity index is 175.